The quantitative estimate of drug-likeness (QED) is 0.822. The van der Waals surface area contributed by atoms with Gasteiger partial charge in [-0.15, -0.1) is 0 Å². The van der Waals surface area contributed by atoms with Crippen molar-refractivity contribution in [1.82, 2.24) is 4.90 Å². The van der Waals surface area contributed by atoms with Crippen molar-refractivity contribution in [3.05, 3.63) is 46.5 Å². The Hall–Kier alpha value is -2.07. The molecule has 0 bridgehead atoms. The average molecular weight is 340 g/mol. The first-order chi connectivity index (χ1) is 12.1. The molecule has 0 saturated carbocycles. The fraction of sp³-hybridized carbons (Fsp3) is 0.429. The topological polar surface area (TPSA) is 43.7 Å². The van der Waals surface area contributed by atoms with E-state index in [9.17, 15) is 14.6 Å². The monoisotopic (exact) mass is 340 g/mol. The van der Waals surface area contributed by atoms with E-state index in [1.54, 1.807) is 6.07 Å². The van der Waals surface area contributed by atoms with Crippen LogP contribution < -0.4 is 0 Å². The summed E-state index contributed by atoms with van der Waals surface area (Å²) in [7, 11) is 0. The molecule has 0 radical (unpaired) electrons. The highest BCUT2D eigenvalue weighted by Gasteiger charge is 2.35. The van der Waals surface area contributed by atoms with Gasteiger partial charge in [0.15, 0.2) is 11.5 Å². The van der Waals surface area contributed by atoms with Crippen LogP contribution in [-0.4, -0.2) is 34.9 Å². The molecule has 1 aliphatic carbocycles. The number of hydrogen-bond donors (Lipinski definition) is 2. The summed E-state index contributed by atoms with van der Waals surface area (Å²) in [6.45, 7) is 3.88. The third kappa shape index (κ3) is 2.60. The molecule has 4 rings (SSSR count). The maximum absolute atomic E-state index is 12.9. The molecule has 1 heterocycles. The molecule has 132 valence electrons. The molecule has 0 saturated heterocycles. The molecule has 2 N–H and O–H groups in total. The van der Waals surface area contributed by atoms with E-state index >= 15 is 0 Å². The highest BCUT2D eigenvalue weighted by atomic mass is 18.2. The van der Waals surface area contributed by atoms with Crippen molar-refractivity contribution in [1.29, 1.82) is 0 Å². The van der Waals surface area contributed by atoms with Gasteiger partial charge in [0.05, 0.1) is 6.67 Å². The zero-order valence-corrected chi connectivity index (χ0v) is 14.6. The number of halogens is 1. The Bertz CT molecular complexity index is 818. The van der Waals surface area contributed by atoms with Gasteiger partial charge >= 0.3 is 0 Å². The highest BCUT2D eigenvalue weighted by Crippen LogP contribution is 2.50. The summed E-state index contributed by atoms with van der Waals surface area (Å²) >= 11 is 0. The van der Waals surface area contributed by atoms with E-state index in [0.29, 0.717) is 12.5 Å². The molecule has 3 nitrogen and oxygen atoms in total. The zero-order chi connectivity index (χ0) is 17.6. The third-order valence-corrected chi connectivity index (χ3v) is 5.59. The second-order valence-electron chi connectivity index (χ2n) is 7.13. The Labute approximate surface area is 147 Å². The molecule has 0 spiro atoms. The Morgan fingerprint density at radius 3 is 2.80 bits per heavy atom. The van der Waals surface area contributed by atoms with Gasteiger partial charge in [-0.1, -0.05) is 25.1 Å². The van der Waals surface area contributed by atoms with Crippen molar-refractivity contribution in [2.45, 2.75) is 38.6 Å². The summed E-state index contributed by atoms with van der Waals surface area (Å²) in [6.07, 6.45) is 3.28. The highest BCUT2D eigenvalue weighted by molar-refractivity contribution is 5.82. The summed E-state index contributed by atoms with van der Waals surface area (Å²) in [5, 5.41) is 20.5. The van der Waals surface area contributed by atoms with Gasteiger partial charge in [0.25, 0.3) is 0 Å². The summed E-state index contributed by atoms with van der Waals surface area (Å²) in [6, 6.07) is 7.93. The Morgan fingerprint density at radius 1 is 1.20 bits per heavy atom. The van der Waals surface area contributed by atoms with E-state index < -0.39 is 0 Å². The second kappa shape index (κ2) is 6.34. The molecule has 1 atom stereocenters. The van der Waals surface area contributed by atoms with E-state index in [1.165, 1.54) is 11.1 Å². The number of rotatable bonds is 4. The Kier molecular flexibility index (Phi) is 4.16. The lowest BCUT2D eigenvalue weighted by Gasteiger charge is -2.42. The number of aromatic hydroxyl groups is 2. The fourth-order valence-corrected chi connectivity index (χ4v) is 4.53. The minimum Gasteiger partial charge on any atom is -0.504 e. The van der Waals surface area contributed by atoms with Crippen LogP contribution in [0, 0.1) is 0 Å². The third-order valence-electron chi connectivity index (χ3n) is 5.59. The maximum Gasteiger partial charge on any atom is 0.165 e. The van der Waals surface area contributed by atoms with E-state index in [-0.39, 0.29) is 18.2 Å². The molecular weight excluding hydrogens is 316 g/mol. The maximum atomic E-state index is 12.9. The van der Waals surface area contributed by atoms with Crippen LogP contribution in [0.25, 0.3) is 11.1 Å². The Morgan fingerprint density at radius 2 is 2.04 bits per heavy atom. The first kappa shape index (κ1) is 16.4. The van der Waals surface area contributed by atoms with Crippen LogP contribution in [0.2, 0.25) is 0 Å². The van der Waals surface area contributed by atoms with E-state index in [0.717, 1.165) is 54.6 Å². The number of phenols is 2. The molecule has 1 unspecified atom stereocenters. The number of nitrogens with zero attached hydrogens (tertiary/aromatic N) is 1. The van der Waals surface area contributed by atoms with Crippen molar-refractivity contribution in [3.63, 3.8) is 0 Å². The van der Waals surface area contributed by atoms with Gasteiger partial charge in [0.1, 0.15) is 0 Å². The molecular formula is C21H24FNO2. The molecule has 0 amide bonds. The molecule has 4 heteroatoms. The van der Waals surface area contributed by atoms with Crippen molar-refractivity contribution in [2.24, 2.45) is 0 Å². The predicted molar refractivity (Wildman–Crippen MR) is 96.9 cm³/mol. The van der Waals surface area contributed by atoms with Crippen LogP contribution in [0.1, 0.15) is 41.6 Å². The van der Waals surface area contributed by atoms with Gasteiger partial charge in [0, 0.05) is 24.6 Å². The van der Waals surface area contributed by atoms with Crippen LogP contribution in [0.5, 0.6) is 11.5 Å². The summed E-state index contributed by atoms with van der Waals surface area (Å²) < 4.78 is 12.9. The van der Waals surface area contributed by atoms with Crippen LogP contribution in [0.3, 0.4) is 0 Å². The number of aryl methyl sites for hydroxylation is 1. The van der Waals surface area contributed by atoms with Gasteiger partial charge < -0.3 is 10.2 Å². The van der Waals surface area contributed by atoms with Crippen LogP contribution in [-0.2, 0) is 19.3 Å². The molecule has 2 aromatic carbocycles. The second-order valence-corrected chi connectivity index (χ2v) is 7.13. The van der Waals surface area contributed by atoms with Gasteiger partial charge in [0.2, 0.25) is 0 Å². The van der Waals surface area contributed by atoms with E-state index in [2.05, 4.69) is 17.9 Å². The SMILES string of the molecule is CCCN1CCc2cc(CC[18F])cc3c2C1Cc1ccc(O)c(O)c1-3. The molecule has 2 aliphatic rings. The van der Waals surface area contributed by atoms with Crippen molar-refractivity contribution in [2.75, 3.05) is 19.8 Å². The fourth-order valence-electron chi connectivity index (χ4n) is 4.53. The molecule has 1 aliphatic heterocycles. The lowest BCUT2D eigenvalue weighted by molar-refractivity contribution is 0.183. The van der Waals surface area contributed by atoms with Crippen LogP contribution >= 0.6 is 0 Å². The number of alkyl halides is 1. The molecule has 25 heavy (non-hydrogen) atoms. The lowest BCUT2D eigenvalue weighted by Crippen LogP contribution is -2.39. The van der Waals surface area contributed by atoms with Gasteiger partial charge in [-0.2, -0.15) is 0 Å². The van der Waals surface area contributed by atoms with Gasteiger partial charge in [-0.25, -0.2) is 0 Å². The zero-order valence-electron chi connectivity index (χ0n) is 14.6. The first-order valence-corrected chi connectivity index (χ1v) is 9.14. The minimum atomic E-state index is -0.386. The standard InChI is InChI=1S/C21H24FNO2/c1-2-8-23-9-6-15-10-13(5-7-22)11-16-19(15)17(23)12-14-3-4-18(24)21(25)20(14)16/h3-4,10-11,17,24-25H,2,5-9,12H2,1H3/i22-1. The summed E-state index contributed by atoms with van der Waals surface area (Å²) in [5.74, 6) is -0.147. The number of fused-ring (bicyclic) bond motifs is 2. The van der Waals surface area contributed by atoms with Crippen molar-refractivity contribution in [3.8, 4) is 22.6 Å². The minimum absolute atomic E-state index is 0.0526. The van der Waals surface area contributed by atoms with Gasteiger partial charge in [-0.05, 0) is 59.7 Å². The molecule has 2 aromatic rings. The normalized spacial score (nSPS) is 18.7. The lowest BCUT2D eigenvalue weighted by atomic mass is 9.75. The Balaban J connectivity index is 1.95. The smallest absolute Gasteiger partial charge is 0.165 e. The first-order valence-electron chi connectivity index (χ1n) is 9.14. The van der Waals surface area contributed by atoms with E-state index in [4.69, 9.17) is 0 Å². The van der Waals surface area contributed by atoms with Crippen molar-refractivity contribution < 1.29 is 14.6 Å². The van der Waals surface area contributed by atoms with Crippen molar-refractivity contribution >= 4 is 0 Å². The molecule has 0 aromatic heterocycles. The summed E-state index contributed by atoms with van der Waals surface area (Å²) in [5.41, 5.74) is 6.25. The predicted octanol–water partition coefficient (Wildman–Crippen LogP) is 4.14. The van der Waals surface area contributed by atoms with Crippen LogP contribution in [0.4, 0.5) is 4.39 Å². The van der Waals surface area contributed by atoms with Gasteiger partial charge in [-0.3, -0.25) is 9.29 Å². The average Bonchev–Trinajstić information content (AvgIpc) is 2.60. The number of hydrogen-bond acceptors (Lipinski definition) is 3. The summed E-state index contributed by atoms with van der Waals surface area (Å²) in [4.78, 5) is 2.52. The number of benzene rings is 2. The number of phenolic OH excluding ortho intramolecular Hbond substituents is 2. The van der Waals surface area contributed by atoms with E-state index in [1.807, 2.05) is 12.1 Å². The largest absolute Gasteiger partial charge is 0.504 e. The molecule has 0 fully saturated rings. The van der Waals surface area contributed by atoms with Crippen LogP contribution in [0.15, 0.2) is 24.3 Å².